The monoisotopic (exact) mass is 273 g/mol. The number of nitrogens with two attached hydrogens (primary N) is 1. The Morgan fingerprint density at radius 2 is 1.94 bits per heavy atom. The van der Waals surface area contributed by atoms with Gasteiger partial charge in [-0.1, -0.05) is 0 Å². The van der Waals surface area contributed by atoms with E-state index >= 15 is 0 Å². The number of aromatic hydroxyl groups is 1. The van der Waals surface area contributed by atoms with Crippen LogP contribution in [0.15, 0.2) is 18.2 Å². The molecule has 0 spiro atoms. The molecule has 0 aliphatic carbocycles. The molecule has 1 rings (SSSR count). The van der Waals surface area contributed by atoms with E-state index in [1.165, 1.54) is 0 Å². The van der Waals surface area contributed by atoms with Crippen molar-refractivity contribution in [1.82, 2.24) is 0 Å². The third-order valence-corrected chi connectivity index (χ3v) is 1.83. The first-order valence-corrected chi connectivity index (χ1v) is 4.28. The molecule has 8 heteroatoms. The lowest BCUT2D eigenvalue weighted by Gasteiger charge is -2.14. The fraction of sp³-hybridized carbons (Fsp3) is 0.333. The number of benzene rings is 1. The molecule has 0 saturated heterocycles. The second kappa shape index (κ2) is 5.95. The molecule has 0 heterocycles. The van der Waals surface area contributed by atoms with Gasteiger partial charge in [-0.25, -0.2) is 0 Å². The number of rotatable bonds is 3. The Bertz CT molecular complexity index is 373. The van der Waals surface area contributed by atoms with E-state index in [-0.39, 0.29) is 23.7 Å². The van der Waals surface area contributed by atoms with Crippen molar-refractivity contribution in [3.63, 3.8) is 0 Å². The average molecular weight is 274 g/mol. The first kappa shape index (κ1) is 15.8. The molecule has 0 amide bonds. The van der Waals surface area contributed by atoms with Crippen LogP contribution in [0, 0.1) is 0 Å². The van der Waals surface area contributed by atoms with Crippen molar-refractivity contribution in [1.29, 1.82) is 0 Å². The third-order valence-electron chi connectivity index (χ3n) is 1.83. The van der Waals surface area contributed by atoms with Gasteiger partial charge in [0.05, 0.1) is 12.6 Å². The molecule has 0 radical (unpaired) electrons. The number of hydrogen-bond donors (Lipinski definition) is 3. The summed E-state index contributed by atoms with van der Waals surface area (Å²) in [7, 11) is 0. The molecule has 0 unspecified atom stereocenters. The maximum atomic E-state index is 11.9. The van der Waals surface area contributed by atoms with Crippen LogP contribution >= 0.6 is 12.4 Å². The van der Waals surface area contributed by atoms with Gasteiger partial charge in [-0.05, 0) is 18.2 Å². The molecular formula is C9H11ClF3NO3. The van der Waals surface area contributed by atoms with Crippen molar-refractivity contribution >= 4 is 12.4 Å². The van der Waals surface area contributed by atoms with Crippen LogP contribution in [0.1, 0.15) is 11.6 Å². The highest BCUT2D eigenvalue weighted by Crippen LogP contribution is 2.30. The van der Waals surface area contributed by atoms with Crippen LogP contribution in [-0.2, 0) is 0 Å². The summed E-state index contributed by atoms with van der Waals surface area (Å²) < 4.78 is 39.3. The highest BCUT2D eigenvalue weighted by molar-refractivity contribution is 5.85. The lowest BCUT2D eigenvalue weighted by Crippen LogP contribution is -2.18. The minimum atomic E-state index is -4.81. The first-order chi connectivity index (χ1) is 7.33. The fourth-order valence-electron chi connectivity index (χ4n) is 1.13. The smallest absolute Gasteiger partial charge is 0.508 e. The van der Waals surface area contributed by atoms with E-state index < -0.39 is 24.8 Å². The van der Waals surface area contributed by atoms with Gasteiger partial charge in [0.2, 0.25) is 0 Å². The summed E-state index contributed by atoms with van der Waals surface area (Å²) in [5, 5.41) is 18.0. The minimum Gasteiger partial charge on any atom is -0.508 e. The molecule has 0 aliphatic rings. The van der Waals surface area contributed by atoms with Crippen LogP contribution in [-0.4, -0.2) is 23.2 Å². The molecule has 4 nitrogen and oxygen atoms in total. The van der Waals surface area contributed by atoms with Crippen LogP contribution in [0.3, 0.4) is 0 Å². The van der Waals surface area contributed by atoms with Crippen LogP contribution in [0.25, 0.3) is 0 Å². The van der Waals surface area contributed by atoms with Crippen LogP contribution in [0.5, 0.6) is 11.5 Å². The van der Waals surface area contributed by atoms with Gasteiger partial charge >= 0.3 is 6.36 Å². The summed E-state index contributed by atoms with van der Waals surface area (Å²) in [6.45, 7) is -0.497. The average Bonchev–Trinajstić information content (AvgIpc) is 2.18. The van der Waals surface area contributed by atoms with Crippen molar-refractivity contribution in [2.24, 2.45) is 5.73 Å². The number of phenolic OH excluding ortho intramolecular Hbond substituents is 1. The summed E-state index contributed by atoms with van der Waals surface area (Å²) in [6, 6.07) is 1.95. The molecule has 1 atom stereocenters. The number of hydrogen-bond acceptors (Lipinski definition) is 4. The predicted octanol–water partition coefficient (Wildman–Crippen LogP) is 1.70. The third kappa shape index (κ3) is 4.68. The zero-order valence-corrected chi connectivity index (χ0v) is 9.26. The van der Waals surface area contributed by atoms with Gasteiger partial charge in [-0.3, -0.25) is 0 Å². The summed E-state index contributed by atoms with van der Waals surface area (Å²) in [4.78, 5) is 0. The number of halogens is 4. The molecule has 4 N–H and O–H groups in total. The first-order valence-electron chi connectivity index (χ1n) is 4.28. The molecule has 1 aromatic carbocycles. The van der Waals surface area contributed by atoms with E-state index in [9.17, 15) is 18.3 Å². The lowest BCUT2D eigenvalue weighted by atomic mass is 10.1. The molecule has 0 fully saturated rings. The molecule has 0 bridgehead atoms. The Labute approximate surface area is 101 Å². The predicted molar refractivity (Wildman–Crippen MR) is 56.1 cm³/mol. The minimum absolute atomic E-state index is 0. The molecule has 0 aromatic heterocycles. The van der Waals surface area contributed by atoms with Crippen molar-refractivity contribution in [3.8, 4) is 11.5 Å². The summed E-state index contributed by atoms with van der Waals surface area (Å²) in [5.41, 5.74) is 5.37. The topological polar surface area (TPSA) is 75.7 Å². The van der Waals surface area contributed by atoms with E-state index in [4.69, 9.17) is 10.8 Å². The number of alkyl halides is 3. The number of ether oxygens (including phenoxy) is 1. The SMILES string of the molecule is Cl.N[C@H](CO)c1cc(OC(F)(F)F)ccc1O. The molecule has 1 aromatic rings. The number of aliphatic hydroxyl groups excluding tert-OH is 1. The van der Waals surface area contributed by atoms with E-state index in [1.807, 2.05) is 0 Å². The summed E-state index contributed by atoms with van der Waals surface area (Å²) >= 11 is 0. The normalized spacial score (nSPS) is 12.8. The van der Waals surface area contributed by atoms with Gasteiger partial charge in [0.25, 0.3) is 0 Å². The fourth-order valence-corrected chi connectivity index (χ4v) is 1.13. The van der Waals surface area contributed by atoms with Crippen molar-refractivity contribution in [2.75, 3.05) is 6.61 Å². The molecule has 0 saturated carbocycles. The van der Waals surface area contributed by atoms with E-state index in [0.29, 0.717) is 0 Å². The van der Waals surface area contributed by atoms with E-state index in [1.54, 1.807) is 0 Å². The quantitative estimate of drug-likeness (QED) is 0.784. The largest absolute Gasteiger partial charge is 0.573 e. The van der Waals surface area contributed by atoms with E-state index in [2.05, 4.69) is 4.74 Å². The van der Waals surface area contributed by atoms with Gasteiger partial charge < -0.3 is 20.7 Å². The maximum absolute atomic E-state index is 11.9. The van der Waals surface area contributed by atoms with Crippen molar-refractivity contribution in [2.45, 2.75) is 12.4 Å². The van der Waals surface area contributed by atoms with Crippen LogP contribution in [0.4, 0.5) is 13.2 Å². The number of aliphatic hydroxyl groups is 1. The summed E-state index contributed by atoms with van der Waals surface area (Å²) in [6.07, 6.45) is -4.81. The van der Waals surface area contributed by atoms with Gasteiger partial charge in [-0.15, -0.1) is 25.6 Å². The lowest BCUT2D eigenvalue weighted by molar-refractivity contribution is -0.274. The zero-order chi connectivity index (χ0) is 12.3. The highest BCUT2D eigenvalue weighted by Gasteiger charge is 2.31. The van der Waals surface area contributed by atoms with Gasteiger partial charge in [0.15, 0.2) is 0 Å². The maximum Gasteiger partial charge on any atom is 0.573 e. The van der Waals surface area contributed by atoms with E-state index in [0.717, 1.165) is 18.2 Å². The number of phenols is 1. The Kier molecular flexibility index (Phi) is 5.53. The molecule has 0 aliphatic heterocycles. The highest BCUT2D eigenvalue weighted by atomic mass is 35.5. The van der Waals surface area contributed by atoms with Gasteiger partial charge in [0, 0.05) is 5.56 Å². The Balaban J connectivity index is 0.00000256. The Morgan fingerprint density at radius 3 is 2.41 bits per heavy atom. The van der Waals surface area contributed by atoms with Crippen molar-refractivity contribution < 1.29 is 28.1 Å². The van der Waals surface area contributed by atoms with Crippen LogP contribution in [0.2, 0.25) is 0 Å². The Hall–Kier alpha value is -1.18. The molecule has 17 heavy (non-hydrogen) atoms. The molecular weight excluding hydrogens is 263 g/mol. The van der Waals surface area contributed by atoms with Gasteiger partial charge in [0.1, 0.15) is 11.5 Å². The molecule has 98 valence electrons. The second-order valence-corrected chi connectivity index (χ2v) is 3.06. The van der Waals surface area contributed by atoms with Gasteiger partial charge in [-0.2, -0.15) is 0 Å². The Morgan fingerprint density at radius 1 is 1.35 bits per heavy atom. The van der Waals surface area contributed by atoms with Crippen LogP contribution < -0.4 is 10.5 Å². The summed E-state index contributed by atoms with van der Waals surface area (Å²) in [5.74, 6) is -0.791. The second-order valence-electron chi connectivity index (χ2n) is 3.06. The zero-order valence-electron chi connectivity index (χ0n) is 8.44. The van der Waals surface area contributed by atoms with Crippen molar-refractivity contribution in [3.05, 3.63) is 23.8 Å². The standard InChI is InChI=1S/C9H10F3NO3.ClH/c10-9(11,12)16-5-1-2-8(15)6(3-5)7(13)4-14;/h1-3,7,14-15H,4,13H2;1H/t7-;/m1./s1.